The molecule has 1 aliphatic heterocycles. The first kappa shape index (κ1) is 10.6. The number of carbonyl (C=O) groups is 1. The van der Waals surface area contributed by atoms with Gasteiger partial charge in [-0.25, -0.2) is 13.2 Å². The fourth-order valence-electron chi connectivity index (χ4n) is 0.964. The summed E-state index contributed by atoms with van der Waals surface area (Å²) in [4.78, 5) is 10.4. The number of alkyl halides is 2. The predicted octanol–water partition coefficient (Wildman–Crippen LogP) is 0.506. The molecular weight excluding hydrogens is 230 g/mol. The van der Waals surface area contributed by atoms with Crippen LogP contribution in [0.2, 0.25) is 0 Å². The van der Waals surface area contributed by atoms with Crippen molar-refractivity contribution in [3.8, 4) is 0 Å². The Labute approximate surface area is 77.2 Å². The van der Waals surface area contributed by atoms with Gasteiger partial charge in [-0.2, -0.15) is 8.78 Å². The van der Waals surface area contributed by atoms with Crippen LogP contribution in [-0.4, -0.2) is 32.2 Å². The van der Waals surface area contributed by atoms with Gasteiger partial charge in [0.05, 0.1) is 6.42 Å². The Balaban J connectivity index is 2.66. The Kier molecular flexibility index (Phi) is 2.50. The molecule has 1 fully saturated rings. The van der Waals surface area contributed by atoms with Crippen molar-refractivity contribution in [1.82, 2.24) is 0 Å². The summed E-state index contributed by atoms with van der Waals surface area (Å²) in [6.45, 7) is 0. The summed E-state index contributed by atoms with van der Waals surface area (Å²) in [5.74, 6) is -6.07. The number of carbonyl (C=O) groups excluding carboxylic acids is 1. The molecule has 76 valence electrons. The van der Waals surface area contributed by atoms with Gasteiger partial charge < -0.3 is 4.74 Å². The summed E-state index contributed by atoms with van der Waals surface area (Å²) in [5.41, 5.74) is 0. The number of hydrogen-bond acceptors (Lipinski definition) is 4. The Morgan fingerprint density at radius 3 is 2.46 bits per heavy atom. The van der Waals surface area contributed by atoms with E-state index in [2.05, 4.69) is 4.74 Å². The van der Waals surface area contributed by atoms with E-state index in [9.17, 15) is 22.0 Å². The van der Waals surface area contributed by atoms with Crippen LogP contribution in [0.3, 0.4) is 0 Å². The van der Waals surface area contributed by atoms with Crippen molar-refractivity contribution in [3.05, 3.63) is 0 Å². The number of esters is 1. The van der Waals surface area contributed by atoms with Gasteiger partial charge in [0.2, 0.25) is 9.05 Å². The molecule has 4 nitrogen and oxygen atoms in total. The second-order valence-corrected chi connectivity index (χ2v) is 5.46. The minimum absolute atomic E-state index is 0.782. The summed E-state index contributed by atoms with van der Waals surface area (Å²) in [5, 5.41) is 0. The molecule has 0 radical (unpaired) electrons. The maximum Gasteiger partial charge on any atom is 0.377 e. The zero-order chi connectivity index (χ0) is 10.3. The highest BCUT2D eigenvalue weighted by atomic mass is 35.7. The van der Waals surface area contributed by atoms with Crippen LogP contribution in [0.5, 0.6) is 0 Å². The molecule has 0 spiro atoms. The van der Waals surface area contributed by atoms with Gasteiger partial charge in [0.25, 0.3) is 0 Å². The molecule has 1 heterocycles. The topological polar surface area (TPSA) is 60.4 Å². The lowest BCUT2D eigenvalue weighted by molar-refractivity contribution is -0.158. The zero-order valence-electron chi connectivity index (χ0n) is 6.17. The third-order valence-corrected chi connectivity index (χ3v) is 2.59. The summed E-state index contributed by atoms with van der Waals surface area (Å²) >= 11 is 0. The number of ether oxygens (including phenoxy) is 1. The van der Waals surface area contributed by atoms with Crippen molar-refractivity contribution >= 4 is 25.7 Å². The van der Waals surface area contributed by atoms with E-state index in [1.54, 1.807) is 0 Å². The summed E-state index contributed by atoms with van der Waals surface area (Å²) in [7, 11) is 0.871. The van der Waals surface area contributed by atoms with E-state index >= 15 is 0 Å². The van der Waals surface area contributed by atoms with Crippen molar-refractivity contribution in [2.75, 3.05) is 5.75 Å². The van der Waals surface area contributed by atoms with Crippen LogP contribution >= 0.6 is 10.7 Å². The first-order valence-electron chi connectivity index (χ1n) is 3.22. The van der Waals surface area contributed by atoms with Crippen LogP contribution in [0.25, 0.3) is 0 Å². The Morgan fingerprint density at radius 2 is 2.15 bits per heavy atom. The van der Waals surface area contributed by atoms with Crippen LogP contribution in [0.1, 0.15) is 6.42 Å². The highest BCUT2D eigenvalue weighted by Gasteiger charge is 2.51. The van der Waals surface area contributed by atoms with E-state index in [1.807, 2.05) is 0 Å². The SMILES string of the molecule is O=C1OC(CS(=O)(=O)Cl)CC1(F)F. The fourth-order valence-corrected chi connectivity index (χ4v) is 2.02. The molecule has 0 saturated carbocycles. The molecule has 0 aromatic heterocycles. The monoisotopic (exact) mass is 234 g/mol. The highest BCUT2D eigenvalue weighted by molar-refractivity contribution is 8.13. The molecule has 0 amide bonds. The van der Waals surface area contributed by atoms with E-state index in [-0.39, 0.29) is 0 Å². The lowest BCUT2D eigenvalue weighted by atomic mass is 10.2. The van der Waals surface area contributed by atoms with Crippen molar-refractivity contribution in [2.45, 2.75) is 18.4 Å². The summed E-state index contributed by atoms with van der Waals surface area (Å²) in [6.07, 6.45) is -2.28. The molecule has 0 aromatic rings. The third-order valence-electron chi connectivity index (χ3n) is 1.44. The first-order valence-corrected chi connectivity index (χ1v) is 5.70. The maximum absolute atomic E-state index is 12.5. The number of rotatable bonds is 2. The van der Waals surface area contributed by atoms with Gasteiger partial charge in [-0.1, -0.05) is 0 Å². The molecule has 1 aliphatic rings. The van der Waals surface area contributed by atoms with E-state index in [4.69, 9.17) is 10.7 Å². The lowest BCUT2D eigenvalue weighted by Gasteiger charge is -2.03. The predicted molar refractivity (Wildman–Crippen MR) is 39.1 cm³/mol. The van der Waals surface area contributed by atoms with Gasteiger partial charge >= 0.3 is 11.9 Å². The van der Waals surface area contributed by atoms with Crippen LogP contribution in [0.15, 0.2) is 0 Å². The molecule has 1 saturated heterocycles. The summed E-state index contributed by atoms with van der Waals surface area (Å²) in [6, 6.07) is 0. The van der Waals surface area contributed by atoms with Gasteiger partial charge in [0.15, 0.2) is 0 Å². The number of halogens is 3. The first-order chi connectivity index (χ1) is 5.71. The lowest BCUT2D eigenvalue weighted by Crippen LogP contribution is -2.21. The molecule has 0 aromatic carbocycles. The molecule has 1 unspecified atom stereocenters. The van der Waals surface area contributed by atoms with Gasteiger partial charge in [-0.3, -0.25) is 0 Å². The second kappa shape index (κ2) is 3.06. The molecule has 0 bridgehead atoms. The van der Waals surface area contributed by atoms with Crippen LogP contribution in [0.4, 0.5) is 8.78 Å². The third kappa shape index (κ3) is 2.77. The Bertz CT molecular complexity index is 325. The summed E-state index contributed by atoms with van der Waals surface area (Å²) < 4.78 is 49.9. The van der Waals surface area contributed by atoms with E-state index in [1.165, 1.54) is 0 Å². The number of cyclic esters (lactones) is 1. The van der Waals surface area contributed by atoms with Gasteiger partial charge in [0.1, 0.15) is 11.9 Å². The van der Waals surface area contributed by atoms with Gasteiger partial charge in [-0.05, 0) is 0 Å². The minimum atomic E-state index is -3.92. The molecule has 1 rings (SSSR count). The molecule has 13 heavy (non-hydrogen) atoms. The standard InChI is InChI=1S/C5H5ClF2O4S/c6-13(10,11)2-3-1-5(7,8)4(9)12-3/h3H,1-2H2. The largest absolute Gasteiger partial charge is 0.457 e. The normalized spacial score (nSPS) is 27.3. The van der Waals surface area contributed by atoms with Crippen molar-refractivity contribution < 1.29 is 26.7 Å². The van der Waals surface area contributed by atoms with Crippen molar-refractivity contribution in [2.24, 2.45) is 0 Å². The molecule has 1 atom stereocenters. The average molecular weight is 235 g/mol. The van der Waals surface area contributed by atoms with Crippen molar-refractivity contribution in [3.63, 3.8) is 0 Å². The minimum Gasteiger partial charge on any atom is -0.457 e. The smallest absolute Gasteiger partial charge is 0.377 e. The average Bonchev–Trinajstić information content (AvgIpc) is 2.01. The Morgan fingerprint density at radius 1 is 1.62 bits per heavy atom. The zero-order valence-corrected chi connectivity index (χ0v) is 7.74. The van der Waals surface area contributed by atoms with Gasteiger partial charge in [-0.15, -0.1) is 0 Å². The Hall–Kier alpha value is -0.430. The molecular formula is C5H5ClF2O4S. The quantitative estimate of drug-likeness (QED) is 0.516. The van der Waals surface area contributed by atoms with Crippen LogP contribution in [0, 0.1) is 0 Å². The van der Waals surface area contributed by atoms with Crippen molar-refractivity contribution in [1.29, 1.82) is 0 Å². The maximum atomic E-state index is 12.5. The van der Waals surface area contributed by atoms with E-state index < -0.39 is 39.2 Å². The second-order valence-electron chi connectivity index (χ2n) is 2.64. The van der Waals surface area contributed by atoms with Crippen LogP contribution in [-0.2, 0) is 18.6 Å². The molecule has 8 heteroatoms. The van der Waals surface area contributed by atoms with E-state index in [0.29, 0.717) is 0 Å². The molecule has 0 aliphatic carbocycles. The van der Waals surface area contributed by atoms with E-state index in [0.717, 1.165) is 0 Å². The fraction of sp³-hybridized carbons (Fsp3) is 0.800. The number of hydrogen-bond donors (Lipinski definition) is 0. The van der Waals surface area contributed by atoms with Gasteiger partial charge in [0, 0.05) is 10.7 Å². The van der Waals surface area contributed by atoms with Crippen LogP contribution < -0.4 is 0 Å². The molecule has 0 N–H and O–H groups in total. The highest BCUT2D eigenvalue weighted by Crippen LogP contribution is 2.31.